The number of ether oxygens (including phenoxy) is 1. The van der Waals surface area contributed by atoms with Gasteiger partial charge in [0.15, 0.2) is 0 Å². The molecule has 1 aliphatic rings. The zero-order chi connectivity index (χ0) is 13.7. The zero-order valence-corrected chi connectivity index (χ0v) is 11.7. The molecule has 0 bridgehead atoms. The van der Waals surface area contributed by atoms with E-state index in [4.69, 9.17) is 4.74 Å². The van der Waals surface area contributed by atoms with Crippen molar-refractivity contribution < 1.29 is 9.53 Å². The van der Waals surface area contributed by atoms with Gasteiger partial charge in [-0.2, -0.15) is 0 Å². The van der Waals surface area contributed by atoms with Crippen LogP contribution in [0.25, 0.3) is 0 Å². The fourth-order valence-corrected chi connectivity index (χ4v) is 2.42. The summed E-state index contributed by atoms with van der Waals surface area (Å²) in [6.45, 7) is 4.86. The molecule has 1 aromatic carbocycles. The van der Waals surface area contributed by atoms with Gasteiger partial charge in [0.05, 0.1) is 19.3 Å². The monoisotopic (exact) mass is 262 g/mol. The molecular formula is C15H22N2O2. The lowest BCUT2D eigenvalue weighted by Gasteiger charge is -2.35. The molecule has 1 amide bonds. The number of hydrogen-bond donors (Lipinski definition) is 1. The summed E-state index contributed by atoms with van der Waals surface area (Å²) in [7, 11) is 1.93. The highest BCUT2D eigenvalue weighted by atomic mass is 16.5. The summed E-state index contributed by atoms with van der Waals surface area (Å²) in [4.78, 5) is 14.5. The summed E-state index contributed by atoms with van der Waals surface area (Å²) in [5, 5.41) is 3.13. The minimum Gasteiger partial charge on any atom is -0.377 e. The molecule has 0 saturated carbocycles. The second kappa shape index (κ2) is 6.68. The second-order valence-corrected chi connectivity index (χ2v) is 4.99. The standard InChI is InChI=1S/C15H22N2O2/c1-12-4-3-5-13(10-12)15(18)17-8-9-19-11-14(17)6-7-16-2/h3-5,10,14,16H,6-9,11H2,1-2H3. The molecule has 1 aliphatic heterocycles. The van der Waals surface area contributed by atoms with Crippen LogP contribution in [0.5, 0.6) is 0 Å². The van der Waals surface area contributed by atoms with Crippen molar-refractivity contribution in [1.29, 1.82) is 0 Å². The maximum absolute atomic E-state index is 12.6. The Morgan fingerprint density at radius 2 is 2.37 bits per heavy atom. The second-order valence-electron chi connectivity index (χ2n) is 4.99. The molecule has 0 spiro atoms. The highest BCUT2D eigenvalue weighted by molar-refractivity contribution is 5.94. The molecule has 0 aliphatic carbocycles. The van der Waals surface area contributed by atoms with E-state index in [-0.39, 0.29) is 11.9 Å². The van der Waals surface area contributed by atoms with Crippen molar-refractivity contribution in [1.82, 2.24) is 10.2 Å². The maximum Gasteiger partial charge on any atom is 0.254 e. The van der Waals surface area contributed by atoms with Gasteiger partial charge < -0.3 is 15.0 Å². The predicted molar refractivity (Wildman–Crippen MR) is 75.4 cm³/mol. The first-order valence-corrected chi connectivity index (χ1v) is 6.82. The average Bonchev–Trinajstić information content (AvgIpc) is 2.44. The van der Waals surface area contributed by atoms with Crippen LogP contribution in [0.3, 0.4) is 0 Å². The van der Waals surface area contributed by atoms with Crippen LogP contribution in [0.4, 0.5) is 0 Å². The Labute approximate surface area is 114 Å². The number of amides is 1. The number of carbonyl (C=O) groups is 1. The molecule has 104 valence electrons. The lowest BCUT2D eigenvalue weighted by molar-refractivity contribution is -0.00389. The van der Waals surface area contributed by atoms with Crippen molar-refractivity contribution >= 4 is 5.91 Å². The molecule has 0 aromatic heterocycles. The molecular weight excluding hydrogens is 240 g/mol. The summed E-state index contributed by atoms with van der Waals surface area (Å²) in [6, 6.07) is 7.96. The topological polar surface area (TPSA) is 41.6 Å². The molecule has 1 saturated heterocycles. The first-order chi connectivity index (χ1) is 9.22. The van der Waals surface area contributed by atoms with Gasteiger partial charge >= 0.3 is 0 Å². The van der Waals surface area contributed by atoms with Crippen molar-refractivity contribution in [3.63, 3.8) is 0 Å². The maximum atomic E-state index is 12.6. The van der Waals surface area contributed by atoms with Crippen LogP contribution in [-0.2, 0) is 4.74 Å². The molecule has 1 N–H and O–H groups in total. The molecule has 19 heavy (non-hydrogen) atoms. The van der Waals surface area contributed by atoms with E-state index < -0.39 is 0 Å². The van der Waals surface area contributed by atoms with E-state index in [2.05, 4.69) is 5.32 Å². The van der Waals surface area contributed by atoms with E-state index >= 15 is 0 Å². The summed E-state index contributed by atoms with van der Waals surface area (Å²) in [6.07, 6.45) is 0.925. The van der Waals surface area contributed by atoms with Crippen molar-refractivity contribution in [3.05, 3.63) is 35.4 Å². The van der Waals surface area contributed by atoms with Crippen LogP contribution in [-0.4, -0.2) is 50.2 Å². The fraction of sp³-hybridized carbons (Fsp3) is 0.533. The minimum absolute atomic E-state index is 0.119. The molecule has 4 heteroatoms. The summed E-state index contributed by atoms with van der Waals surface area (Å²) < 4.78 is 5.50. The van der Waals surface area contributed by atoms with Gasteiger partial charge in [0.1, 0.15) is 0 Å². The third-order valence-corrected chi connectivity index (χ3v) is 3.48. The van der Waals surface area contributed by atoms with Crippen molar-refractivity contribution in [3.8, 4) is 0 Å². The fourth-order valence-electron chi connectivity index (χ4n) is 2.42. The van der Waals surface area contributed by atoms with Crippen molar-refractivity contribution in [2.24, 2.45) is 0 Å². The van der Waals surface area contributed by atoms with Gasteiger partial charge in [-0.05, 0) is 39.1 Å². The Bertz CT molecular complexity index is 434. The average molecular weight is 262 g/mol. The van der Waals surface area contributed by atoms with Gasteiger partial charge in [-0.15, -0.1) is 0 Å². The number of morpholine rings is 1. The minimum atomic E-state index is 0.119. The summed E-state index contributed by atoms with van der Waals surface area (Å²) in [5.74, 6) is 0.119. The van der Waals surface area contributed by atoms with Gasteiger partial charge in [0, 0.05) is 12.1 Å². The Hall–Kier alpha value is -1.39. The van der Waals surface area contributed by atoms with Crippen molar-refractivity contribution in [2.75, 3.05) is 33.4 Å². The molecule has 1 heterocycles. The lowest BCUT2D eigenvalue weighted by Crippen LogP contribution is -2.49. The predicted octanol–water partition coefficient (Wildman–Crippen LogP) is 1.45. The SMILES string of the molecule is CNCCC1COCCN1C(=O)c1cccc(C)c1. The van der Waals surface area contributed by atoms with E-state index in [9.17, 15) is 4.79 Å². The number of benzene rings is 1. The highest BCUT2D eigenvalue weighted by Gasteiger charge is 2.27. The third-order valence-electron chi connectivity index (χ3n) is 3.48. The lowest BCUT2D eigenvalue weighted by atomic mass is 10.1. The van der Waals surface area contributed by atoms with Crippen LogP contribution in [0.2, 0.25) is 0 Å². The number of aryl methyl sites for hydroxylation is 1. The van der Waals surface area contributed by atoms with Crippen LogP contribution in [0, 0.1) is 6.92 Å². The molecule has 0 radical (unpaired) electrons. The van der Waals surface area contributed by atoms with Gasteiger partial charge in [-0.3, -0.25) is 4.79 Å². The van der Waals surface area contributed by atoms with Crippen molar-refractivity contribution in [2.45, 2.75) is 19.4 Å². The molecule has 1 fully saturated rings. The van der Waals surface area contributed by atoms with Gasteiger partial charge in [0.25, 0.3) is 5.91 Å². The number of nitrogens with zero attached hydrogens (tertiary/aromatic N) is 1. The first kappa shape index (κ1) is 14.0. The van der Waals surface area contributed by atoms with E-state index in [0.29, 0.717) is 19.8 Å². The smallest absolute Gasteiger partial charge is 0.254 e. The summed E-state index contributed by atoms with van der Waals surface area (Å²) >= 11 is 0. The molecule has 1 atom stereocenters. The molecule has 1 unspecified atom stereocenters. The molecule has 1 aromatic rings. The van der Waals surface area contributed by atoms with E-state index in [1.165, 1.54) is 0 Å². The Morgan fingerprint density at radius 3 is 3.11 bits per heavy atom. The highest BCUT2D eigenvalue weighted by Crippen LogP contribution is 2.15. The quantitative estimate of drug-likeness (QED) is 0.893. The Kier molecular flexibility index (Phi) is 4.93. The number of carbonyl (C=O) groups excluding carboxylic acids is 1. The van der Waals surface area contributed by atoms with E-state index in [0.717, 1.165) is 24.1 Å². The van der Waals surface area contributed by atoms with E-state index in [1.807, 2.05) is 43.1 Å². The van der Waals surface area contributed by atoms with Gasteiger partial charge in [-0.25, -0.2) is 0 Å². The van der Waals surface area contributed by atoms with Crippen LogP contribution >= 0.6 is 0 Å². The molecule has 4 nitrogen and oxygen atoms in total. The number of rotatable bonds is 4. The number of nitrogens with one attached hydrogen (secondary N) is 1. The Morgan fingerprint density at radius 1 is 1.53 bits per heavy atom. The van der Waals surface area contributed by atoms with Gasteiger partial charge in [0.2, 0.25) is 0 Å². The normalized spacial score (nSPS) is 19.5. The number of hydrogen-bond acceptors (Lipinski definition) is 3. The third kappa shape index (κ3) is 3.55. The van der Waals surface area contributed by atoms with Crippen LogP contribution < -0.4 is 5.32 Å². The van der Waals surface area contributed by atoms with Gasteiger partial charge in [-0.1, -0.05) is 17.7 Å². The Balaban J connectivity index is 2.10. The summed E-state index contributed by atoms with van der Waals surface area (Å²) in [5.41, 5.74) is 1.89. The van der Waals surface area contributed by atoms with Crippen LogP contribution in [0.1, 0.15) is 22.3 Å². The zero-order valence-electron chi connectivity index (χ0n) is 11.7. The van der Waals surface area contributed by atoms with E-state index in [1.54, 1.807) is 0 Å². The molecule has 2 rings (SSSR count). The van der Waals surface area contributed by atoms with Crippen LogP contribution in [0.15, 0.2) is 24.3 Å². The largest absolute Gasteiger partial charge is 0.377 e. The first-order valence-electron chi connectivity index (χ1n) is 6.82.